The summed E-state index contributed by atoms with van der Waals surface area (Å²) in [5, 5.41) is 3.52. The lowest BCUT2D eigenvalue weighted by atomic mass is 10.1. The number of hydrogen-bond donors (Lipinski definition) is 1. The summed E-state index contributed by atoms with van der Waals surface area (Å²) >= 11 is 5.97. The van der Waals surface area contributed by atoms with Crippen molar-refractivity contribution in [2.24, 2.45) is 0 Å². The van der Waals surface area contributed by atoms with Crippen molar-refractivity contribution in [3.8, 4) is 0 Å². The number of rotatable bonds is 6. The molecule has 0 aromatic heterocycles. The van der Waals surface area contributed by atoms with Crippen molar-refractivity contribution >= 4 is 29.3 Å². The van der Waals surface area contributed by atoms with E-state index < -0.39 is 0 Å². The first kappa shape index (κ1) is 18.1. The molecule has 3 rings (SSSR count). The highest BCUT2D eigenvalue weighted by Crippen LogP contribution is 2.23. The molecule has 1 heterocycles. The zero-order valence-corrected chi connectivity index (χ0v) is 15.1. The molecule has 0 radical (unpaired) electrons. The van der Waals surface area contributed by atoms with E-state index in [1.807, 2.05) is 25.1 Å². The summed E-state index contributed by atoms with van der Waals surface area (Å²) < 4.78 is 0. The van der Waals surface area contributed by atoms with E-state index in [0.717, 1.165) is 5.56 Å². The average Bonchev–Trinajstić information content (AvgIpc) is 2.87. The third-order valence-electron chi connectivity index (χ3n) is 4.39. The molecule has 1 aliphatic heterocycles. The third-order valence-corrected chi connectivity index (χ3v) is 4.63. The first-order valence-electron chi connectivity index (χ1n) is 8.47. The molecule has 1 atom stereocenters. The molecular weight excluding hydrogens is 352 g/mol. The molecule has 26 heavy (non-hydrogen) atoms. The molecule has 0 saturated heterocycles. The van der Waals surface area contributed by atoms with Crippen LogP contribution in [0.1, 0.15) is 52.1 Å². The maximum absolute atomic E-state index is 12.3. The fourth-order valence-corrected chi connectivity index (χ4v) is 3.21. The minimum atomic E-state index is -0.293. The van der Waals surface area contributed by atoms with E-state index in [9.17, 15) is 14.4 Å². The lowest BCUT2D eigenvalue weighted by molar-refractivity contribution is -0.121. The maximum Gasteiger partial charge on any atom is 0.261 e. The van der Waals surface area contributed by atoms with E-state index >= 15 is 0 Å². The van der Waals surface area contributed by atoms with Crippen molar-refractivity contribution < 1.29 is 14.4 Å². The van der Waals surface area contributed by atoms with Gasteiger partial charge in [0.15, 0.2) is 0 Å². The van der Waals surface area contributed by atoms with Crippen LogP contribution < -0.4 is 5.32 Å². The van der Waals surface area contributed by atoms with Gasteiger partial charge in [0.05, 0.1) is 17.2 Å². The second kappa shape index (κ2) is 7.70. The fourth-order valence-electron chi connectivity index (χ4n) is 3.01. The number of carbonyl (C=O) groups is 3. The quantitative estimate of drug-likeness (QED) is 0.790. The molecule has 0 fully saturated rings. The van der Waals surface area contributed by atoms with Gasteiger partial charge >= 0.3 is 0 Å². The Kier molecular flexibility index (Phi) is 5.38. The Balaban J connectivity index is 1.50. The number of fused-ring (bicyclic) bond motifs is 1. The van der Waals surface area contributed by atoms with E-state index in [-0.39, 0.29) is 36.7 Å². The van der Waals surface area contributed by atoms with Gasteiger partial charge in [-0.3, -0.25) is 19.3 Å². The molecular formula is C20H19ClN2O3. The summed E-state index contributed by atoms with van der Waals surface area (Å²) in [5.41, 5.74) is 1.78. The van der Waals surface area contributed by atoms with Crippen LogP contribution in [0.25, 0.3) is 0 Å². The number of benzene rings is 2. The Labute approximate surface area is 156 Å². The van der Waals surface area contributed by atoms with Gasteiger partial charge in [-0.2, -0.15) is 0 Å². The molecule has 0 aliphatic carbocycles. The number of amides is 3. The third kappa shape index (κ3) is 3.78. The first-order valence-corrected chi connectivity index (χ1v) is 8.85. The molecule has 3 amide bonds. The number of hydrogen-bond acceptors (Lipinski definition) is 3. The van der Waals surface area contributed by atoms with Gasteiger partial charge in [0.2, 0.25) is 5.91 Å². The highest BCUT2D eigenvalue weighted by molar-refractivity contribution is 6.30. The standard InChI is InChI=1S/C20H19ClN2O3/c1-13(14-6-4-7-15(21)12-14)22-18(24)10-5-11-23-19(25)16-8-2-3-9-17(16)20(23)26/h2-4,6-9,12-13H,5,10-11H2,1H3,(H,22,24)/t13-/m0/s1. The lowest BCUT2D eigenvalue weighted by Gasteiger charge is -2.16. The average molecular weight is 371 g/mol. The Bertz CT molecular complexity index is 831. The van der Waals surface area contributed by atoms with Gasteiger partial charge in [0, 0.05) is 18.0 Å². The van der Waals surface area contributed by atoms with Gasteiger partial charge < -0.3 is 5.32 Å². The highest BCUT2D eigenvalue weighted by Gasteiger charge is 2.34. The molecule has 5 nitrogen and oxygen atoms in total. The van der Waals surface area contributed by atoms with Gasteiger partial charge in [-0.05, 0) is 43.2 Å². The molecule has 6 heteroatoms. The van der Waals surface area contributed by atoms with Crippen LogP contribution in [-0.4, -0.2) is 29.2 Å². The zero-order chi connectivity index (χ0) is 18.7. The van der Waals surface area contributed by atoms with E-state index in [1.165, 1.54) is 4.90 Å². The number of imide groups is 1. The first-order chi connectivity index (χ1) is 12.5. The van der Waals surface area contributed by atoms with Crippen molar-refractivity contribution in [3.05, 3.63) is 70.2 Å². The van der Waals surface area contributed by atoms with Crippen LogP contribution in [-0.2, 0) is 4.79 Å². The predicted octanol–water partition coefficient (Wildman–Crippen LogP) is 3.59. The van der Waals surface area contributed by atoms with E-state index in [0.29, 0.717) is 22.6 Å². The van der Waals surface area contributed by atoms with Gasteiger partial charge in [-0.1, -0.05) is 35.9 Å². The number of nitrogens with one attached hydrogen (secondary N) is 1. The fraction of sp³-hybridized carbons (Fsp3) is 0.250. The smallest absolute Gasteiger partial charge is 0.261 e. The summed E-state index contributed by atoms with van der Waals surface area (Å²) in [6.45, 7) is 2.11. The molecule has 0 saturated carbocycles. The normalized spacial score (nSPS) is 14.3. The van der Waals surface area contributed by atoms with Crippen molar-refractivity contribution in [1.82, 2.24) is 10.2 Å². The minimum Gasteiger partial charge on any atom is -0.350 e. The second-order valence-corrected chi connectivity index (χ2v) is 6.69. The number of carbonyl (C=O) groups excluding carboxylic acids is 3. The van der Waals surface area contributed by atoms with Gasteiger partial charge in [0.1, 0.15) is 0 Å². The summed E-state index contributed by atoms with van der Waals surface area (Å²) in [6, 6.07) is 13.9. The van der Waals surface area contributed by atoms with Crippen LogP contribution in [0.4, 0.5) is 0 Å². The van der Waals surface area contributed by atoms with Crippen LogP contribution in [0.3, 0.4) is 0 Å². The summed E-state index contributed by atoms with van der Waals surface area (Å²) in [4.78, 5) is 37.9. The van der Waals surface area contributed by atoms with E-state index in [2.05, 4.69) is 5.32 Å². The van der Waals surface area contributed by atoms with Crippen molar-refractivity contribution in [2.75, 3.05) is 6.54 Å². The molecule has 2 aromatic carbocycles. The second-order valence-electron chi connectivity index (χ2n) is 6.26. The largest absolute Gasteiger partial charge is 0.350 e. The molecule has 1 aliphatic rings. The van der Waals surface area contributed by atoms with E-state index in [4.69, 9.17) is 11.6 Å². The summed E-state index contributed by atoms with van der Waals surface area (Å²) in [6.07, 6.45) is 0.651. The Morgan fingerprint density at radius 1 is 1.08 bits per heavy atom. The Hall–Kier alpha value is -2.66. The monoisotopic (exact) mass is 370 g/mol. The summed E-state index contributed by atoms with van der Waals surface area (Å²) in [7, 11) is 0. The molecule has 0 bridgehead atoms. The SMILES string of the molecule is C[C@H](NC(=O)CCCN1C(=O)c2ccccc2C1=O)c1cccc(Cl)c1. The number of nitrogens with zero attached hydrogens (tertiary/aromatic N) is 1. The minimum absolute atomic E-state index is 0.130. The van der Waals surface area contributed by atoms with Crippen LogP contribution in [0.2, 0.25) is 5.02 Å². The molecule has 134 valence electrons. The molecule has 0 spiro atoms. The summed E-state index contributed by atoms with van der Waals surface area (Å²) in [5.74, 6) is -0.717. The molecule has 0 unspecified atom stereocenters. The van der Waals surface area contributed by atoms with Crippen LogP contribution in [0.5, 0.6) is 0 Å². The van der Waals surface area contributed by atoms with Gasteiger partial charge in [0.25, 0.3) is 11.8 Å². The van der Waals surface area contributed by atoms with Crippen LogP contribution >= 0.6 is 11.6 Å². The lowest BCUT2D eigenvalue weighted by Crippen LogP contribution is -2.32. The molecule has 2 aromatic rings. The zero-order valence-electron chi connectivity index (χ0n) is 14.4. The highest BCUT2D eigenvalue weighted by atomic mass is 35.5. The predicted molar refractivity (Wildman–Crippen MR) is 99.1 cm³/mol. The van der Waals surface area contributed by atoms with Crippen molar-refractivity contribution in [2.45, 2.75) is 25.8 Å². The van der Waals surface area contributed by atoms with Crippen LogP contribution in [0, 0.1) is 0 Å². The van der Waals surface area contributed by atoms with Gasteiger partial charge in [-0.25, -0.2) is 0 Å². The number of halogens is 1. The van der Waals surface area contributed by atoms with Crippen molar-refractivity contribution in [1.29, 1.82) is 0 Å². The maximum atomic E-state index is 12.3. The van der Waals surface area contributed by atoms with Gasteiger partial charge in [-0.15, -0.1) is 0 Å². The topological polar surface area (TPSA) is 66.5 Å². The van der Waals surface area contributed by atoms with Crippen LogP contribution in [0.15, 0.2) is 48.5 Å². The van der Waals surface area contributed by atoms with Crippen molar-refractivity contribution in [3.63, 3.8) is 0 Å². The Morgan fingerprint density at radius 3 is 2.35 bits per heavy atom. The Morgan fingerprint density at radius 2 is 1.73 bits per heavy atom. The van der Waals surface area contributed by atoms with E-state index in [1.54, 1.807) is 30.3 Å². The molecule has 1 N–H and O–H groups in total.